The first-order valence-corrected chi connectivity index (χ1v) is 11.5. The average Bonchev–Trinajstić information content (AvgIpc) is 3.54. The number of nitrogens with one attached hydrogen (secondary N) is 2. The van der Waals surface area contributed by atoms with Gasteiger partial charge in [-0.1, -0.05) is 48.5 Å². The summed E-state index contributed by atoms with van der Waals surface area (Å²) in [7, 11) is 1.63. The van der Waals surface area contributed by atoms with Gasteiger partial charge in [0.25, 0.3) is 0 Å². The number of hydrogen-bond donors (Lipinski definition) is 3. The highest BCUT2D eigenvalue weighted by Gasteiger charge is 2.42. The highest BCUT2D eigenvalue weighted by molar-refractivity contribution is 5.89. The molecule has 0 saturated heterocycles. The molecule has 2 aliphatic rings. The Bertz CT molecular complexity index is 1020. The number of carbonyl (C=O) groups excluding carboxylic acids is 2. The van der Waals surface area contributed by atoms with Gasteiger partial charge in [-0.3, -0.25) is 9.59 Å². The molecule has 0 aliphatic heterocycles. The van der Waals surface area contributed by atoms with E-state index in [0.29, 0.717) is 13.2 Å². The van der Waals surface area contributed by atoms with Crippen LogP contribution in [0.2, 0.25) is 0 Å². The Morgan fingerprint density at radius 1 is 1.06 bits per heavy atom. The molecule has 1 atom stereocenters. The normalized spacial score (nSPS) is 16.1. The van der Waals surface area contributed by atoms with E-state index in [0.717, 1.165) is 41.5 Å². The molecule has 0 heterocycles. The summed E-state index contributed by atoms with van der Waals surface area (Å²) in [6.07, 6.45) is 1.46. The molecule has 8 heteroatoms. The number of carboxylic acid groups (broad SMARTS) is 1. The van der Waals surface area contributed by atoms with E-state index in [2.05, 4.69) is 10.6 Å². The van der Waals surface area contributed by atoms with Gasteiger partial charge in [0.05, 0.1) is 6.42 Å². The molecule has 4 rings (SSSR count). The number of aliphatic carboxylic acids is 1. The number of rotatable bonds is 11. The summed E-state index contributed by atoms with van der Waals surface area (Å²) in [4.78, 5) is 36.5. The van der Waals surface area contributed by atoms with Gasteiger partial charge in [-0.2, -0.15) is 0 Å². The van der Waals surface area contributed by atoms with Crippen LogP contribution >= 0.6 is 0 Å². The maximum Gasteiger partial charge on any atom is 0.407 e. The van der Waals surface area contributed by atoms with Gasteiger partial charge in [0.15, 0.2) is 0 Å². The zero-order chi connectivity index (χ0) is 24.1. The minimum Gasteiger partial charge on any atom is -0.481 e. The number of fused-ring (bicyclic) bond motifs is 3. The molecule has 1 fully saturated rings. The van der Waals surface area contributed by atoms with Crippen LogP contribution in [0.15, 0.2) is 48.5 Å². The fourth-order valence-electron chi connectivity index (χ4n) is 4.57. The second kappa shape index (κ2) is 10.3. The van der Waals surface area contributed by atoms with Gasteiger partial charge < -0.3 is 25.2 Å². The minimum atomic E-state index is -1.22. The quantitative estimate of drug-likeness (QED) is 0.468. The molecular formula is C26H30N2O6. The molecule has 2 aromatic carbocycles. The van der Waals surface area contributed by atoms with Crippen molar-refractivity contribution in [3.8, 4) is 11.1 Å². The van der Waals surface area contributed by atoms with Crippen LogP contribution in [0, 0.1) is 5.41 Å². The third-order valence-electron chi connectivity index (χ3n) is 6.76. The lowest BCUT2D eigenvalue weighted by Gasteiger charge is -2.21. The smallest absolute Gasteiger partial charge is 0.407 e. The predicted molar refractivity (Wildman–Crippen MR) is 125 cm³/mol. The van der Waals surface area contributed by atoms with Crippen molar-refractivity contribution in [3.63, 3.8) is 0 Å². The Balaban J connectivity index is 1.35. The van der Waals surface area contributed by atoms with Crippen molar-refractivity contribution >= 4 is 18.0 Å². The number of amides is 2. The molecule has 8 nitrogen and oxygen atoms in total. The average molecular weight is 467 g/mol. The number of ether oxygens (including phenoxy) is 2. The maximum atomic E-state index is 12.7. The summed E-state index contributed by atoms with van der Waals surface area (Å²) < 4.78 is 10.6. The standard InChI is InChI=1S/C26H30N2O6/c1-33-13-12-26(10-11-26)16-27-24(31)22(14-23(29)30)28-25(32)34-15-21-19-8-4-2-6-17(19)18-7-3-5-9-20(18)21/h2-9,21-22H,10-16H2,1H3,(H,27,31)(H,28,32)(H,29,30). The van der Waals surface area contributed by atoms with Crippen molar-refractivity contribution in [1.29, 1.82) is 0 Å². The van der Waals surface area contributed by atoms with E-state index < -0.39 is 30.4 Å². The zero-order valence-corrected chi connectivity index (χ0v) is 19.2. The molecular weight excluding hydrogens is 436 g/mol. The molecule has 0 radical (unpaired) electrons. The van der Waals surface area contributed by atoms with E-state index in [1.54, 1.807) is 7.11 Å². The fraction of sp³-hybridized carbons (Fsp3) is 0.423. The molecule has 1 unspecified atom stereocenters. The van der Waals surface area contributed by atoms with Gasteiger partial charge in [0.2, 0.25) is 5.91 Å². The second-order valence-electron chi connectivity index (χ2n) is 9.08. The van der Waals surface area contributed by atoms with Crippen molar-refractivity contribution in [1.82, 2.24) is 10.6 Å². The number of methoxy groups -OCH3 is 1. The fourth-order valence-corrected chi connectivity index (χ4v) is 4.57. The van der Waals surface area contributed by atoms with Crippen molar-refractivity contribution in [2.75, 3.05) is 26.9 Å². The Hall–Kier alpha value is -3.39. The van der Waals surface area contributed by atoms with Gasteiger partial charge in [-0.25, -0.2) is 4.79 Å². The first-order chi connectivity index (χ1) is 16.4. The van der Waals surface area contributed by atoms with Crippen LogP contribution in [-0.4, -0.2) is 56.0 Å². The summed E-state index contributed by atoms with van der Waals surface area (Å²) in [5.41, 5.74) is 4.36. The summed E-state index contributed by atoms with van der Waals surface area (Å²) in [6, 6.07) is 14.7. The Morgan fingerprint density at radius 3 is 2.24 bits per heavy atom. The lowest BCUT2D eigenvalue weighted by Crippen LogP contribution is -2.49. The summed E-state index contributed by atoms with van der Waals surface area (Å²) in [5, 5.41) is 14.5. The van der Waals surface area contributed by atoms with E-state index in [1.165, 1.54) is 0 Å². The largest absolute Gasteiger partial charge is 0.481 e. The van der Waals surface area contributed by atoms with Crippen LogP contribution in [-0.2, 0) is 19.1 Å². The van der Waals surface area contributed by atoms with Crippen LogP contribution in [0.1, 0.15) is 42.7 Å². The van der Waals surface area contributed by atoms with Gasteiger partial charge in [0, 0.05) is 26.2 Å². The molecule has 34 heavy (non-hydrogen) atoms. The van der Waals surface area contributed by atoms with Crippen LogP contribution in [0.5, 0.6) is 0 Å². The van der Waals surface area contributed by atoms with Gasteiger partial charge in [-0.05, 0) is 46.9 Å². The third kappa shape index (κ3) is 5.39. The highest BCUT2D eigenvalue weighted by Crippen LogP contribution is 2.48. The maximum absolute atomic E-state index is 12.7. The summed E-state index contributed by atoms with van der Waals surface area (Å²) >= 11 is 0. The molecule has 2 amide bonds. The van der Waals surface area contributed by atoms with Crippen LogP contribution < -0.4 is 10.6 Å². The molecule has 2 aliphatic carbocycles. The van der Waals surface area contributed by atoms with Crippen LogP contribution in [0.3, 0.4) is 0 Å². The molecule has 180 valence electrons. The van der Waals surface area contributed by atoms with Gasteiger partial charge >= 0.3 is 12.1 Å². The number of benzene rings is 2. The number of hydrogen-bond acceptors (Lipinski definition) is 5. The van der Waals surface area contributed by atoms with Gasteiger partial charge in [-0.15, -0.1) is 0 Å². The number of alkyl carbamates (subject to hydrolysis) is 1. The third-order valence-corrected chi connectivity index (χ3v) is 6.76. The zero-order valence-electron chi connectivity index (χ0n) is 19.2. The van der Waals surface area contributed by atoms with Crippen molar-refractivity contribution in [3.05, 3.63) is 59.7 Å². The lowest BCUT2D eigenvalue weighted by molar-refractivity contribution is -0.139. The number of carbonyl (C=O) groups is 3. The van der Waals surface area contributed by atoms with Crippen LogP contribution in [0.25, 0.3) is 11.1 Å². The summed E-state index contributed by atoms with van der Waals surface area (Å²) in [6.45, 7) is 1.12. The predicted octanol–water partition coefficient (Wildman–Crippen LogP) is 3.30. The van der Waals surface area contributed by atoms with E-state index in [4.69, 9.17) is 9.47 Å². The van der Waals surface area contributed by atoms with E-state index in [-0.39, 0.29) is 17.9 Å². The first kappa shape index (κ1) is 23.8. The first-order valence-electron chi connectivity index (χ1n) is 11.5. The molecule has 0 bridgehead atoms. The van der Waals surface area contributed by atoms with E-state index in [9.17, 15) is 19.5 Å². The molecule has 0 aromatic heterocycles. The lowest BCUT2D eigenvalue weighted by atomic mass is 9.98. The Kier molecular flexibility index (Phi) is 7.17. The molecule has 2 aromatic rings. The monoisotopic (exact) mass is 466 g/mol. The van der Waals surface area contributed by atoms with Crippen LogP contribution in [0.4, 0.5) is 4.79 Å². The van der Waals surface area contributed by atoms with Crippen molar-refractivity contribution in [2.24, 2.45) is 5.41 Å². The van der Waals surface area contributed by atoms with E-state index >= 15 is 0 Å². The topological polar surface area (TPSA) is 114 Å². The van der Waals surface area contributed by atoms with Gasteiger partial charge in [0.1, 0.15) is 12.6 Å². The van der Waals surface area contributed by atoms with Crippen molar-refractivity contribution < 1.29 is 29.0 Å². The second-order valence-corrected chi connectivity index (χ2v) is 9.08. The molecule has 3 N–H and O–H groups in total. The molecule has 1 saturated carbocycles. The SMILES string of the molecule is COCCC1(CNC(=O)C(CC(=O)O)NC(=O)OCC2c3ccccc3-c3ccccc32)CC1. The minimum absolute atomic E-state index is 0.00318. The van der Waals surface area contributed by atoms with E-state index in [1.807, 2.05) is 48.5 Å². The molecule has 0 spiro atoms. The summed E-state index contributed by atoms with van der Waals surface area (Å²) in [5.74, 6) is -1.83. The van der Waals surface area contributed by atoms with Crippen molar-refractivity contribution in [2.45, 2.75) is 37.6 Å². The Morgan fingerprint density at radius 2 is 1.68 bits per heavy atom. The highest BCUT2D eigenvalue weighted by atomic mass is 16.5. The Labute approximate surface area is 198 Å². The number of carboxylic acids is 1.